The summed E-state index contributed by atoms with van der Waals surface area (Å²) in [6.07, 6.45) is 4.01. The first-order valence-corrected chi connectivity index (χ1v) is 8.08. The lowest BCUT2D eigenvalue weighted by molar-refractivity contribution is 0.809. The van der Waals surface area contributed by atoms with Crippen molar-refractivity contribution in [2.24, 2.45) is 0 Å². The molecule has 3 rings (SSSR count). The molecule has 0 spiro atoms. The van der Waals surface area contributed by atoms with Crippen LogP contribution in [0.2, 0.25) is 5.15 Å². The van der Waals surface area contributed by atoms with Gasteiger partial charge >= 0.3 is 0 Å². The minimum Gasteiger partial charge on any atom is -0.354 e. The van der Waals surface area contributed by atoms with Crippen LogP contribution in [0.4, 0.5) is 5.95 Å². The largest absolute Gasteiger partial charge is 0.354 e. The van der Waals surface area contributed by atoms with Crippen molar-refractivity contribution in [2.45, 2.75) is 26.2 Å². The third kappa shape index (κ3) is 3.60. The number of rotatable bonds is 6. The van der Waals surface area contributed by atoms with Crippen molar-refractivity contribution in [1.29, 1.82) is 5.26 Å². The van der Waals surface area contributed by atoms with Gasteiger partial charge in [0.2, 0.25) is 5.95 Å². The number of aryl methyl sites for hydroxylation is 2. The fourth-order valence-electron chi connectivity index (χ4n) is 2.28. The number of hydrogen-bond donors (Lipinski definition) is 1. The predicted molar refractivity (Wildman–Crippen MR) is 90.9 cm³/mol. The van der Waals surface area contributed by atoms with Crippen LogP contribution < -0.4 is 5.32 Å². The Hall–Kier alpha value is -2.72. The number of nitrogens with one attached hydrogen (secondary N) is 1. The lowest BCUT2D eigenvalue weighted by Crippen LogP contribution is -2.10. The molecule has 0 radical (unpaired) electrons. The maximum absolute atomic E-state index is 8.77. The lowest BCUT2D eigenvalue weighted by atomic mass is 10.2. The molecule has 8 heteroatoms. The van der Waals surface area contributed by atoms with Crippen LogP contribution in [0.5, 0.6) is 0 Å². The zero-order valence-electron chi connectivity index (χ0n) is 13.2. The zero-order valence-corrected chi connectivity index (χ0v) is 14.0. The molecule has 24 heavy (non-hydrogen) atoms. The number of aromatic nitrogens is 5. The molecule has 0 saturated heterocycles. The van der Waals surface area contributed by atoms with Gasteiger partial charge in [0, 0.05) is 30.9 Å². The van der Waals surface area contributed by atoms with Gasteiger partial charge in [-0.1, -0.05) is 18.5 Å². The molecule has 0 aliphatic heterocycles. The maximum atomic E-state index is 8.77. The van der Waals surface area contributed by atoms with Gasteiger partial charge in [0.15, 0.2) is 11.5 Å². The van der Waals surface area contributed by atoms with Crippen molar-refractivity contribution in [3.05, 3.63) is 46.6 Å². The third-order valence-corrected chi connectivity index (χ3v) is 3.69. The van der Waals surface area contributed by atoms with Gasteiger partial charge in [-0.2, -0.15) is 9.78 Å². The molecule has 0 aromatic carbocycles. The number of halogens is 1. The van der Waals surface area contributed by atoms with Crippen molar-refractivity contribution < 1.29 is 0 Å². The van der Waals surface area contributed by atoms with Crippen molar-refractivity contribution in [3.8, 4) is 6.07 Å². The Morgan fingerprint density at radius 3 is 2.92 bits per heavy atom. The van der Waals surface area contributed by atoms with Crippen LogP contribution >= 0.6 is 11.6 Å². The van der Waals surface area contributed by atoms with E-state index in [9.17, 15) is 0 Å². The van der Waals surface area contributed by atoms with Crippen LogP contribution in [0.25, 0.3) is 5.65 Å². The van der Waals surface area contributed by atoms with E-state index in [0.29, 0.717) is 28.9 Å². The summed E-state index contributed by atoms with van der Waals surface area (Å²) >= 11 is 6.04. The second-order valence-corrected chi connectivity index (χ2v) is 5.62. The molecular formula is C16H16ClN7. The van der Waals surface area contributed by atoms with E-state index in [1.807, 2.05) is 13.0 Å². The minimum atomic E-state index is 0.383. The van der Waals surface area contributed by atoms with E-state index in [-0.39, 0.29) is 0 Å². The van der Waals surface area contributed by atoms with Crippen molar-refractivity contribution in [2.75, 3.05) is 11.9 Å². The second-order valence-electron chi connectivity index (χ2n) is 5.23. The smallest absolute Gasteiger partial charge is 0.227 e. The van der Waals surface area contributed by atoms with Crippen LogP contribution in [-0.2, 0) is 12.8 Å². The van der Waals surface area contributed by atoms with E-state index in [4.69, 9.17) is 16.9 Å². The highest BCUT2D eigenvalue weighted by molar-refractivity contribution is 6.29. The molecule has 0 aliphatic rings. The Morgan fingerprint density at radius 1 is 1.33 bits per heavy atom. The van der Waals surface area contributed by atoms with Gasteiger partial charge in [0.25, 0.3) is 0 Å². The molecule has 0 amide bonds. The Morgan fingerprint density at radius 2 is 2.21 bits per heavy atom. The quantitative estimate of drug-likeness (QED) is 0.547. The molecule has 0 unspecified atom stereocenters. The van der Waals surface area contributed by atoms with E-state index in [1.165, 1.54) is 0 Å². The summed E-state index contributed by atoms with van der Waals surface area (Å²) in [4.78, 5) is 12.9. The first-order valence-electron chi connectivity index (χ1n) is 7.70. The maximum Gasteiger partial charge on any atom is 0.227 e. The summed E-state index contributed by atoms with van der Waals surface area (Å²) in [6, 6.07) is 7.41. The second kappa shape index (κ2) is 7.23. The van der Waals surface area contributed by atoms with Crippen LogP contribution in [0.1, 0.15) is 30.4 Å². The van der Waals surface area contributed by atoms with Gasteiger partial charge in [-0.15, -0.1) is 5.10 Å². The Balaban J connectivity index is 1.63. The van der Waals surface area contributed by atoms with E-state index >= 15 is 0 Å². The van der Waals surface area contributed by atoms with Crippen molar-refractivity contribution >= 4 is 23.2 Å². The number of hydrogen-bond acceptors (Lipinski definition) is 6. The fraction of sp³-hybridized carbons (Fsp3) is 0.312. The van der Waals surface area contributed by atoms with Crippen molar-refractivity contribution in [1.82, 2.24) is 24.6 Å². The van der Waals surface area contributed by atoms with Gasteiger partial charge in [-0.25, -0.2) is 9.97 Å². The molecule has 1 N–H and O–H groups in total. The van der Waals surface area contributed by atoms with E-state index in [1.54, 1.807) is 22.8 Å². The molecule has 3 heterocycles. The minimum absolute atomic E-state index is 0.383. The van der Waals surface area contributed by atoms with Gasteiger partial charge < -0.3 is 5.32 Å². The summed E-state index contributed by atoms with van der Waals surface area (Å²) in [5.41, 5.74) is 2.21. The molecule has 0 bridgehead atoms. The lowest BCUT2D eigenvalue weighted by Gasteiger charge is -2.07. The van der Waals surface area contributed by atoms with Gasteiger partial charge in [0.05, 0.1) is 5.56 Å². The third-order valence-electron chi connectivity index (χ3n) is 3.50. The first-order chi connectivity index (χ1) is 11.7. The predicted octanol–water partition coefficient (Wildman–Crippen LogP) is 2.65. The number of nitrogens with zero attached hydrogens (tertiary/aromatic N) is 6. The molecular weight excluding hydrogens is 326 g/mol. The number of nitriles is 1. The van der Waals surface area contributed by atoms with E-state index in [0.717, 1.165) is 30.8 Å². The van der Waals surface area contributed by atoms with Gasteiger partial charge in [-0.05, 0) is 25.0 Å². The average Bonchev–Trinajstić information content (AvgIpc) is 3.02. The zero-order chi connectivity index (χ0) is 16.9. The number of pyridine rings is 1. The van der Waals surface area contributed by atoms with Crippen LogP contribution in [0, 0.1) is 11.3 Å². The first kappa shape index (κ1) is 16.1. The Labute approximate surface area is 144 Å². The van der Waals surface area contributed by atoms with Crippen molar-refractivity contribution in [3.63, 3.8) is 0 Å². The molecule has 0 aliphatic carbocycles. The standard InChI is InChI=1S/C16H16ClN7/c1-2-14-22-15-8-13(17)21-16(24(15)23-14)19-7-3-4-12-6-5-11(9-18)10-20-12/h5-6,8,10H,2-4,7H2,1H3,(H,19,21). The van der Waals surface area contributed by atoms with Crippen LogP contribution in [0.15, 0.2) is 24.4 Å². The summed E-state index contributed by atoms with van der Waals surface area (Å²) < 4.78 is 1.67. The molecule has 7 nitrogen and oxygen atoms in total. The van der Waals surface area contributed by atoms with Gasteiger partial charge in [0.1, 0.15) is 11.2 Å². The van der Waals surface area contributed by atoms with Crippen LogP contribution in [-0.4, -0.2) is 31.1 Å². The monoisotopic (exact) mass is 341 g/mol. The molecule has 0 fully saturated rings. The number of anilines is 1. The summed E-state index contributed by atoms with van der Waals surface area (Å²) in [6.45, 7) is 2.70. The normalized spacial score (nSPS) is 10.7. The van der Waals surface area contributed by atoms with Gasteiger partial charge in [-0.3, -0.25) is 4.98 Å². The topological polar surface area (TPSA) is 91.8 Å². The highest BCUT2D eigenvalue weighted by Gasteiger charge is 2.09. The summed E-state index contributed by atoms with van der Waals surface area (Å²) in [7, 11) is 0. The van der Waals surface area contributed by atoms with E-state index < -0.39 is 0 Å². The molecule has 0 saturated carbocycles. The molecule has 122 valence electrons. The molecule has 3 aromatic rings. The van der Waals surface area contributed by atoms with Crippen LogP contribution in [0.3, 0.4) is 0 Å². The summed E-state index contributed by atoms with van der Waals surface area (Å²) in [5.74, 6) is 1.33. The van der Waals surface area contributed by atoms with E-state index in [2.05, 4.69) is 31.4 Å². The SMILES string of the molecule is CCc1nc2cc(Cl)nc(NCCCc3ccc(C#N)cn3)n2n1. The fourth-order valence-corrected chi connectivity index (χ4v) is 2.46. The highest BCUT2D eigenvalue weighted by Crippen LogP contribution is 2.15. The molecule has 0 atom stereocenters. The Bertz CT molecular complexity index is 880. The number of fused-ring (bicyclic) bond motifs is 1. The summed E-state index contributed by atoms with van der Waals surface area (Å²) in [5, 5.41) is 16.8. The Kier molecular flexibility index (Phi) is 4.87. The molecule has 3 aromatic heterocycles. The average molecular weight is 342 g/mol. The highest BCUT2D eigenvalue weighted by atomic mass is 35.5.